The lowest BCUT2D eigenvalue weighted by Gasteiger charge is -2.16. The fraction of sp³-hybridized carbons (Fsp3) is 0.286. The summed E-state index contributed by atoms with van der Waals surface area (Å²) in [7, 11) is 3.34. The van der Waals surface area contributed by atoms with Gasteiger partial charge in [-0.2, -0.15) is 5.10 Å². The van der Waals surface area contributed by atoms with Crippen LogP contribution in [0.2, 0.25) is 0 Å². The van der Waals surface area contributed by atoms with Gasteiger partial charge in [-0.1, -0.05) is 12.1 Å². The van der Waals surface area contributed by atoms with Crippen LogP contribution in [0.5, 0.6) is 5.75 Å². The van der Waals surface area contributed by atoms with Crippen LogP contribution in [0, 0.1) is 6.92 Å². The van der Waals surface area contributed by atoms with E-state index < -0.39 is 0 Å². The molecule has 0 saturated heterocycles. The highest BCUT2D eigenvalue weighted by atomic mass is 16.5. The van der Waals surface area contributed by atoms with Crippen molar-refractivity contribution in [2.75, 3.05) is 19.9 Å². The molecule has 0 aliphatic carbocycles. The number of benzene rings is 1. The molecular weight excluding hydrogens is 256 g/mol. The first kappa shape index (κ1) is 13.9. The normalized spacial score (nSPS) is 10.3. The second-order valence-corrected chi connectivity index (χ2v) is 4.62. The number of anilines is 1. The second kappa shape index (κ2) is 5.64. The number of nitrogens with two attached hydrogens (primary N) is 1. The van der Waals surface area contributed by atoms with E-state index in [1.807, 2.05) is 24.3 Å². The molecule has 3 N–H and O–H groups in total. The number of aromatic amines is 1. The zero-order chi connectivity index (χ0) is 14.7. The van der Waals surface area contributed by atoms with Gasteiger partial charge < -0.3 is 15.4 Å². The standard InChI is InChI=1S/C14H18N4O2/c1-9-12(15)13(17-16-9)14(19)18(2)8-10-4-6-11(20-3)7-5-10/h4-7H,8,15H2,1-3H3,(H,16,17). The lowest BCUT2D eigenvalue weighted by molar-refractivity contribution is 0.0780. The van der Waals surface area contributed by atoms with Crippen LogP contribution in [0.3, 0.4) is 0 Å². The Hall–Kier alpha value is -2.50. The minimum absolute atomic E-state index is 0.206. The molecule has 0 aliphatic heterocycles. The maximum absolute atomic E-state index is 12.2. The molecule has 1 aromatic carbocycles. The van der Waals surface area contributed by atoms with Gasteiger partial charge in [-0.15, -0.1) is 0 Å². The van der Waals surface area contributed by atoms with E-state index in [0.717, 1.165) is 11.3 Å². The number of nitrogen functional groups attached to an aromatic ring is 1. The van der Waals surface area contributed by atoms with Gasteiger partial charge in [0.25, 0.3) is 5.91 Å². The Labute approximate surface area is 117 Å². The molecule has 1 heterocycles. The highest BCUT2D eigenvalue weighted by Gasteiger charge is 2.19. The van der Waals surface area contributed by atoms with Crippen molar-refractivity contribution in [3.63, 3.8) is 0 Å². The lowest BCUT2D eigenvalue weighted by Crippen LogP contribution is -2.27. The number of aromatic nitrogens is 2. The molecule has 1 amide bonds. The Morgan fingerprint density at radius 2 is 2.05 bits per heavy atom. The molecule has 6 nitrogen and oxygen atoms in total. The molecule has 0 fully saturated rings. The Morgan fingerprint density at radius 1 is 1.40 bits per heavy atom. The number of rotatable bonds is 4. The molecule has 0 saturated carbocycles. The third-order valence-electron chi connectivity index (χ3n) is 3.12. The van der Waals surface area contributed by atoms with Gasteiger partial charge in [0.2, 0.25) is 0 Å². The topological polar surface area (TPSA) is 84.2 Å². The van der Waals surface area contributed by atoms with Crippen LogP contribution >= 0.6 is 0 Å². The van der Waals surface area contributed by atoms with Gasteiger partial charge in [0.1, 0.15) is 5.75 Å². The molecule has 106 valence electrons. The molecule has 0 bridgehead atoms. The lowest BCUT2D eigenvalue weighted by atomic mass is 10.2. The largest absolute Gasteiger partial charge is 0.497 e. The number of amides is 1. The van der Waals surface area contributed by atoms with E-state index in [2.05, 4.69) is 10.2 Å². The highest BCUT2D eigenvalue weighted by molar-refractivity contribution is 5.97. The summed E-state index contributed by atoms with van der Waals surface area (Å²) in [6.07, 6.45) is 0. The summed E-state index contributed by atoms with van der Waals surface area (Å²) in [5.41, 5.74) is 8.18. The van der Waals surface area contributed by atoms with Crippen molar-refractivity contribution < 1.29 is 9.53 Å². The van der Waals surface area contributed by atoms with Gasteiger partial charge in [-0.05, 0) is 24.6 Å². The number of hydrogen-bond acceptors (Lipinski definition) is 4. The maximum Gasteiger partial charge on any atom is 0.276 e. The van der Waals surface area contributed by atoms with Gasteiger partial charge in [0.15, 0.2) is 5.69 Å². The summed E-state index contributed by atoms with van der Waals surface area (Å²) in [6.45, 7) is 2.26. The van der Waals surface area contributed by atoms with Crippen LogP contribution in [-0.2, 0) is 6.54 Å². The van der Waals surface area contributed by atoms with Gasteiger partial charge >= 0.3 is 0 Å². The summed E-state index contributed by atoms with van der Waals surface area (Å²) >= 11 is 0. The molecule has 1 aromatic heterocycles. The quantitative estimate of drug-likeness (QED) is 0.886. The molecular formula is C14H18N4O2. The van der Waals surface area contributed by atoms with Crippen LogP contribution in [-0.4, -0.2) is 35.2 Å². The first-order valence-corrected chi connectivity index (χ1v) is 6.21. The molecule has 0 atom stereocenters. The van der Waals surface area contributed by atoms with Crippen LogP contribution in [0.4, 0.5) is 5.69 Å². The van der Waals surface area contributed by atoms with Crippen molar-refractivity contribution in [3.8, 4) is 5.75 Å². The van der Waals surface area contributed by atoms with Crippen LogP contribution in [0.1, 0.15) is 21.7 Å². The van der Waals surface area contributed by atoms with E-state index in [0.29, 0.717) is 17.9 Å². The Kier molecular flexibility index (Phi) is 3.93. The summed E-state index contributed by atoms with van der Waals surface area (Å²) in [5, 5.41) is 6.66. The monoisotopic (exact) mass is 274 g/mol. The van der Waals surface area contributed by atoms with E-state index in [4.69, 9.17) is 10.5 Å². The van der Waals surface area contributed by atoms with Crippen LogP contribution < -0.4 is 10.5 Å². The first-order chi connectivity index (χ1) is 9.52. The molecule has 2 aromatic rings. The third kappa shape index (κ3) is 2.74. The van der Waals surface area contributed by atoms with Crippen LogP contribution in [0.15, 0.2) is 24.3 Å². The maximum atomic E-state index is 12.2. The second-order valence-electron chi connectivity index (χ2n) is 4.62. The minimum atomic E-state index is -0.206. The number of hydrogen-bond donors (Lipinski definition) is 2. The fourth-order valence-corrected chi connectivity index (χ4v) is 1.86. The predicted molar refractivity (Wildman–Crippen MR) is 76.5 cm³/mol. The Bertz CT molecular complexity index is 604. The van der Waals surface area contributed by atoms with E-state index in [9.17, 15) is 4.79 Å². The predicted octanol–water partition coefficient (Wildman–Crippen LogP) is 1.58. The third-order valence-corrected chi connectivity index (χ3v) is 3.12. The number of ether oxygens (including phenoxy) is 1. The number of nitrogens with zero attached hydrogens (tertiary/aromatic N) is 2. The van der Waals surface area contributed by atoms with Crippen molar-refractivity contribution in [3.05, 3.63) is 41.2 Å². The summed E-state index contributed by atoms with van der Waals surface area (Å²) in [6, 6.07) is 7.56. The van der Waals surface area contributed by atoms with Crippen molar-refractivity contribution in [1.29, 1.82) is 0 Å². The van der Waals surface area contributed by atoms with E-state index in [1.165, 1.54) is 0 Å². The number of carbonyl (C=O) groups is 1. The van der Waals surface area contributed by atoms with Gasteiger partial charge in [0.05, 0.1) is 18.5 Å². The fourth-order valence-electron chi connectivity index (χ4n) is 1.86. The number of methoxy groups -OCH3 is 1. The zero-order valence-electron chi connectivity index (χ0n) is 11.8. The van der Waals surface area contributed by atoms with E-state index in [1.54, 1.807) is 26.0 Å². The summed E-state index contributed by atoms with van der Waals surface area (Å²) in [5.74, 6) is 0.581. The zero-order valence-corrected chi connectivity index (χ0v) is 11.8. The van der Waals surface area contributed by atoms with Gasteiger partial charge in [-0.3, -0.25) is 9.89 Å². The number of H-pyrrole nitrogens is 1. The van der Waals surface area contributed by atoms with Crippen molar-refractivity contribution in [2.45, 2.75) is 13.5 Å². The Balaban J connectivity index is 2.09. The Morgan fingerprint density at radius 3 is 2.55 bits per heavy atom. The highest BCUT2D eigenvalue weighted by Crippen LogP contribution is 2.17. The number of carbonyl (C=O) groups excluding carboxylic acids is 1. The minimum Gasteiger partial charge on any atom is -0.497 e. The molecule has 2 rings (SSSR count). The summed E-state index contributed by atoms with van der Waals surface area (Å²) in [4.78, 5) is 13.8. The average molecular weight is 274 g/mol. The number of nitrogens with one attached hydrogen (secondary N) is 1. The van der Waals surface area contributed by atoms with Crippen molar-refractivity contribution in [2.24, 2.45) is 0 Å². The van der Waals surface area contributed by atoms with Gasteiger partial charge in [0, 0.05) is 13.6 Å². The molecule has 0 spiro atoms. The molecule has 0 radical (unpaired) electrons. The summed E-state index contributed by atoms with van der Waals surface area (Å²) < 4.78 is 5.10. The van der Waals surface area contributed by atoms with Gasteiger partial charge in [-0.25, -0.2) is 0 Å². The smallest absolute Gasteiger partial charge is 0.276 e. The SMILES string of the molecule is COc1ccc(CN(C)C(=O)c2n[nH]c(C)c2N)cc1. The molecule has 0 unspecified atom stereocenters. The molecule has 0 aliphatic rings. The van der Waals surface area contributed by atoms with E-state index in [-0.39, 0.29) is 11.6 Å². The van der Waals surface area contributed by atoms with Crippen molar-refractivity contribution in [1.82, 2.24) is 15.1 Å². The van der Waals surface area contributed by atoms with Crippen LogP contribution in [0.25, 0.3) is 0 Å². The number of aryl methyl sites for hydroxylation is 1. The van der Waals surface area contributed by atoms with E-state index >= 15 is 0 Å². The molecule has 6 heteroatoms. The first-order valence-electron chi connectivity index (χ1n) is 6.21. The van der Waals surface area contributed by atoms with Crippen molar-refractivity contribution >= 4 is 11.6 Å². The average Bonchev–Trinajstić information content (AvgIpc) is 2.79. The molecule has 20 heavy (non-hydrogen) atoms.